The van der Waals surface area contributed by atoms with Crippen molar-refractivity contribution in [2.24, 2.45) is 0 Å². The summed E-state index contributed by atoms with van der Waals surface area (Å²) in [4.78, 5) is 9.68. The van der Waals surface area contributed by atoms with Gasteiger partial charge >= 0.3 is 0 Å². The van der Waals surface area contributed by atoms with Crippen LogP contribution < -0.4 is 0 Å². The Labute approximate surface area is 230 Å². The van der Waals surface area contributed by atoms with Crippen molar-refractivity contribution in [3.63, 3.8) is 0 Å². The minimum absolute atomic E-state index is 0.0111. The molecule has 0 radical (unpaired) electrons. The molecule has 1 aliphatic carbocycles. The maximum atomic E-state index is 4.84. The average molecular weight is 511 g/mol. The van der Waals surface area contributed by atoms with Crippen molar-refractivity contribution < 1.29 is 0 Å². The monoisotopic (exact) mass is 510 g/mol. The predicted molar refractivity (Wildman–Crippen MR) is 160 cm³/mol. The summed E-state index contributed by atoms with van der Waals surface area (Å²) in [5, 5.41) is 0. The van der Waals surface area contributed by atoms with Crippen molar-refractivity contribution >= 4 is 11.0 Å². The molecule has 4 heterocycles. The maximum Gasteiger partial charge on any atom is 0.144 e. The molecule has 0 fully saturated rings. The van der Waals surface area contributed by atoms with E-state index in [0.29, 0.717) is 0 Å². The Balaban J connectivity index is 1.43. The molecule has 194 valence electrons. The van der Waals surface area contributed by atoms with Gasteiger partial charge in [-0.1, -0.05) is 75.9 Å². The molecular formula is C35H34N4. The standard InChI is InChI=1S/C35H34N4/c1-3-5-17-35(18-6-4-2)31-21-25(33-36-23-27-11-7-9-19-38(27)33)13-15-29(31)30-16-14-26(22-32(30)35)34-37-24-28-12-8-10-20-39(28)34/h7-16,19-24H,3-6,17-18H2,1-2H3. The molecule has 7 rings (SSSR count). The number of hydrogen-bond donors (Lipinski definition) is 0. The van der Waals surface area contributed by atoms with Crippen molar-refractivity contribution in [1.29, 1.82) is 0 Å². The second-order valence-corrected chi connectivity index (χ2v) is 11.0. The van der Waals surface area contributed by atoms with Gasteiger partial charge in [-0.3, -0.25) is 8.80 Å². The zero-order chi connectivity index (χ0) is 26.4. The minimum atomic E-state index is -0.0111. The van der Waals surface area contributed by atoms with Crippen molar-refractivity contribution in [2.45, 2.75) is 57.8 Å². The van der Waals surface area contributed by atoms with Gasteiger partial charge < -0.3 is 0 Å². The lowest BCUT2D eigenvalue weighted by molar-refractivity contribution is 0.414. The third-order valence-electron chi connectivity index (χ3n) is 8.67. The number of benzene rings is 2. The Morgan fingerprint density at radius 1 is 0.615 bits per heavy atom. The molecule has 2 aromatic carbocycles. The fourth-order valence-corrected chi connectivity index (χ4v) is 6.71. The van der Waals surface area contributed by atoms with Crippen LogP contribution >= 0.6 is 0 Å². The molecule has 0 bridgehead atoms. The lowest BCUT2D eigenvalue weighted by Gasteiger charge is -2.33. The van der Waals surface area contributed by atoms with Crippen molar-refractivity contribution in [2.75, 3.05) is 0 Å². The van der Waals surface area contributed by atoms with Gasteiger partial charge in [0.1, 0.15) is 11.6 Å². The quantitative estimate of drug-likeness (QED) is 0.205. The van der Waals surface area contributed by atoms with Crippen molar-refractivity contribution in [3.8, 4) is 33.9 Å². The van der Waals surface area contributed by atoms with E-state index in [1.807, 2.05) is 12.4 Å². The van der Waals surface area contributed by atoms with Gasteiger partial charge in [0.25, 0.3) is 0 Å². The predicted octanol–water partition coefficient (Wildman–Crippen LogP) is 8.96. The molecule has 4 nitrogen and oxygen atoms in total. The maximum absolute atomic E-state index is 4.84. The molecule has 0 saturated heterocycles. The topological polar surface area (TPSA) is 34.6 Å². The van der Waals surface area contributed by atoms with Crippen molar-refractivity contribution in [3.05, 3.63) is 109 Å². The van der Waals surface area contributed by atoms with Gasteiger partial charge in [-0.25, -0.2) is 9.97 Å². The SMILES string of the molecule is CCCCC1(CCCC)c2cc(-c3ncc4ccccn34)ccc2-c2ccc(-c3ncc4ccccn34)cc21. The van der Waals surface area contributed by atoms with Crippen LogP contribution in [-0.2, 0) is 5.41 Å². The Kier molecular flexibility index (Phi) is 5.84. The van der Waals surface area contributed by atoms with E-state index in [-0.39, 0.29) is 5.41 Å². The first-order chi connectivity index (χ1) is 19.2. The van der Waals surface area contributed by atoms with Crippen LogP contribution in [0.2, 0.25) is 0 Å². The second-order valence-electron chi connectivity index (χ2n) is 11.0. The summed E-state index contributed by atoms with van der Waals surface area (Å²) in [6.07, 6.45) is 15.3. The first kappa shape index (κ1) is 23.9. The van der Waals surface area contributed by atoms with Gasteiger partial charge in [0, 0.05) is 28.9 Å². The molecule has 0 aliphatic heterocycles. The lowest BCUT2D eigenvalue weighted by Crippen LogP contribution is -2.25. The summed E-state index contributed by atoms with van der Waals surface area (Å²) in [5.41, 5.74) is 10.3. The highest BCUT2D eigenvalue weighted by Gasteiger charge is 2.42. The van der Waals surface area contributed by atoms with Gasteiger partial charge in [-0.2, -0.15) is 0 Å². The fraction of sp³-hybridized carbons (Fsp3) is 0.257. The number of aromatic nitrogens is 4. The van der Waals surface area contributed by atoms with Gasteiger partial charge in [-0.15, -0.1) is 0 Å². The summed E-state index contributed by atoms with van der Waals surface area (Å²) in [7, 11) is 0. The molecule has 4 aromatic heterocycles. The van der Waals surface area contributed by atoms with Crippen LogP contribution in [0.4, 0.5) is 0 Å². The number of imidazole rings is 2. The molecule has 6 aromatic rings. The summed E-state index contributed by atoms with van der Waals surface area (Å²) < 4.78 is 4.40. The highest BCUT2D eigenvalue weighted by atomic mass is 15.0. The number of unbranched alkanes of at least 4 members (excludes halogenated alkanes) is 2. The number of fused-ring (bicyclic) bond motifs is 5. The van der Waals surface area contributed by atoms with Gasteiger partial charge in [0.05, 0.1) is 23.4 Å². The first-order valence-corrected chi connectivity index (χ1v) is 14.4. The normalized spacial score (nSPS) is 13.7. The van der Waals surface area contributed by atoms with Crippen LogP contribution in [0.3, 0.4) is 0 Å². The van der Waals surface area contributed by atoms with Crippen LogP contribution in [0.25, 0.3) is 44.9 Å². The molecule has 0 saturated carbocycles. The van der Waals surface area contributed by atoms with E-state index >= 15 is 0 Å². The number of pyridine rings is 2. The van der Waals surface area contributed by atoms with Gasteiger partial charge in [-0.05, 0) is 71.5 Å². The fourth-order valence-electron chi connectivity index (χ4n) is 6.71. The van der Waals surface area contributed by atoms with E-state index < -0.39 is 0 Å². The molecule has 39 heavy (non-hydrogen) atoms. The summed E-state index contributed by atoms with van der Waals surface area (Å²) in [5.74, 6) is 2.02. The third-order valence-corrected chi connectivity index (χ3v) is 8.67. The molecule has 4 heteroatoms. The third kappa shape index (κ3) is 3.73. The molecule has 0 amide bonds. The van der Waals surface area contributed by atoms with E-state index in [4.69, 9.17) is 9.97 Å². The Bertz CT molecular complexity index is 1670. The number of rotatable bonds is 8. The van der Waals surface area contributed by atoms with Crippen molar-refractivity contribution in [1.82, 2.24) is 18.8 Å². The zero-order valence-corrected chi connectivity index (χ0v) is 22.8. The van der Waals surface area contributed by atoms with E-state index in [1.165, 1.54) is 59.1 Å². The smallest absolute Gasteiger partial charge is 0.144 e. The number of nitrogens with zero attached hydrogens (tertiary/aromatic N) is 4. The van der Waals surface area contributed by atoms with Crippen LogP contribution in [-0.4, -0.2) is 18.8 Å². The van der Waals surface area contributed by atoms with E-state index in [2.05, 4.69) is 108 Å². The highest BCUT2D eigenvalue weighted by molar-refractivity contribution is 5.85. The minimum Gasteiger partial charge on any atom is -0.300 e. The van der Waals surface area contributed by atoms with E-state index in [0.717, 1.165) is 35.5 Å². The highest BCUT2D eigenvalue weighted by Crippen LogP contribution is 2.55. The Hall–Kier alpha value is -4.18. The zero-order valence-electron chi connectivity index (χ0n) is 22.8. The summed E-state index contributed by atoms with van der Waals surface area (Å²) >= 11 is 0. The van der Waals surface area contributed by atoms with E-state index in [9.17, 15) is 0 Å². The average Bonchev–Trinajstić information content (AvgIpc) is 3.68. The van der Waals surface area contributed by atoms with Gasteiger partial charge in [0.15, 0.2) is 0 Å². The summed E-state index contributed by atoms with van der Waals surface area (Å²) in [6, 6.07) is 26.6. The Morgan fingerprint density at radius 3 is 1.56 bits per heavy atom. The summed E-state index contributed by atoms with van der Waals surface area (Å²) in [6.45, 7) is 4.62. The molecule has 1 aliphatic rings. The molecular weight excluding hydrogens is 476 g/mol. The Morgan fingerprint density at radius 2 is 1.10 bits per heavy atom. The lowest BCUT2D eigenvalue weighted by atomic mass is 9.70. The van der Waals surface area contributed by atoms with Crippen LogP contribution in [0.15, 0.2) is 97.6 Å². The first-order valence-electron chi connectivity index (χ1n) is 14.4. The number of hydrogen-bond acceptors (Lipinski definition) is 2. The largest absolute Gasteiger partial charge is 0.300 e. The second kappa shape index (κ2) is 9.53. The molecule has 0 atom stereocenters. The molecule has 0 unspecified atom stereocenters. The molecule has 0 spiro atoms. The van der Waals surface area contributed by atoms with Crippen LogP contribution in [0, 0.1) is 0 Å². The van der Waals surface area contributed by atoms with Gasteiger partial charge in [0.2, 0.25) is 0 Å². The van der Waals surface area contributed by atoms with Crippen LogP contribution in [0.1, 0.15) is 63.5 Å². The van der Waals surface area contributed by atoms with E-state index in [1.54, 1.807) is 0 Å². The van der Waals surface area contributed by atoms with Crippen LogP contribution in [0.5, 0.6) is 0 Å². The molecule has 0 N–H and O–H groups in total.